The number of nitrogens with zero attached hydrogens (tertiary/aromatic N) is 2. The molecule has 0 N–H and O–H groups in total. The van der Waals surface area contributed by atoms with Crippen molar-refractivity contribution in [2.45, 2.75) is 52.7 Å². The highest BCUT2D eigenvalue weighted by molar-refractivity contribution is 5.75. The number of rotatable bonds is 8. The van der Waals surface area contributed by atoms with Crippen molar-refractivity contribution in [2.75, 3.05) is 6.61 Å². The van der Waals surface area contributed by atoms with Crippen LogP contribution in [0.3, 0.4) is 0 Å². The quantitative estimate of drug-likeness (QED) is 0.293. The van der Waals surface area contributed by atoms with Crippen molar-refractivity contribution < 1.29 is 9.47 Å². The Labute approximate surface area is 190 Å². The first-order chi connectivity index (χ1) is 15.4. The molecule has 0 amide bonds. The highest BCUT2D eigenvalue weighted by Gasteiger charge is 2.14. The van der Waals surface area contributed by atoms with E-state index in [0.717, 1.165) is 41.3 Å². The van der Waals surface area contributed by atoms with Crippen molar-refractivity contribution in [2.24, 2.45) is 0 Å². The lowest BCUT2D eigenvalue weighted by Gasteiger charge is -2.19. The molecule has 0 atom stereocenters. The molecule has 0 aliphatic heterocycles. The van der Waals surface area contributed by atoms with Crippen LogP contribution in [0.5, 0.6) is 11.5 Å². The van der Waals surface area contributed by atoms with Crippen molar-refractivity contribution in [1.29, 1.82) is 0 Å². The Morgan fingerprint density at radius 2 is 1.47 bits per heavy atom. The van der Waals surface area contributed by atoms with Crippen LogP contribution in [0.25, 0.3) is 11.0 Å². The zero-order valence-electron chi connectivity index (χ0n) is 19.5. The summed E-state index contributed by atoms with van der Waals surface area (Å²) in [5.74, 6) is 2.70. The Hall–Kier alpha value is -3.27. The first-order valence-electron chi connectivity index (χ1n) is 11.3. The maximum absolute atomic E-state index is 6.10. The molecule has 0 fully saturated rings. The average molecular weight is 429 g/mol. The molecule has 0 unspecified atom stereocenters. The predicted octanol–water partition coefficient (Wildman–Crippen LogP) is 6.69. The summed E-state index contributed by atoms with van der Waals surface area (Å²) in [6.45, 7) is 10.6. The molecule has 4 nitrogen and oxygen atoms in total. The number of hydrogen-bond acceptors (Lipinski definition) is 3. The lowest BCUT2D eigenvalue weighted by Crippen LogP contribution is -2.11. The molecule has 0 bridgehead atoms. The molecular weight excluding hydrogens is 396 g/mol. The smallest absolute Gasteiger partial charge is 0.147 e. The lowest BCUT2D eigenvalue weighted by molar-refractivity contribution is 0.280. The number of para-hydroxylation sites is 2. The Morgan fingerprint density at radius 3 is 2.19 bits per heavy atom. The van der Waals surface area contributed by atoms with Crippen LogP contribution in [0, 0.1) is 6.92 Å². The SMILES string of the molecule is Cc1ccc(OCCCn2c(COc3ccc(C(C)(C)C)cc3)nc3ccccc32)cc1. The summed E-state index contributed by atoms with van der Waals surface area (Å²) < 4.78 is 14.3. The predicted molar refractivity (Wildman–Crippen MR) is 130 cm³/mol. The summed E-state index contributed by atoms with van der Waals surface area (Å²) >= 11 is 0. The van der Waals surface area contributed by atoms with Gasteiger partial charge in [0, 0.05) is 6.54 Å². The summed E-state index contributed by atoms with van der Waals surface area (Å²) in [4.78, 5) is 4.83. The fourth-order valence-corrected chi connectivity index (χ4v) is 3.73. The van der Waals surface area contributed by atoms with E-state index in [-0.39, 0.29) is 5.41 Å². The molecule has 0 saturated heterocycles. The lowest BCUT2D eigenvalue weighted by atomic mass is 9.87. The van der Waals surface area contributed by atoms with Crippen molar-refractivity contribution in [3.63, 3.8) is 0 Å². The standard InChI is InChI=1S/C28H32N2O2/c1-21-10-14-23(15-11-21)31-19-7-18-30-26-9-6-5-8-25(26)29-27(30)20-32-24-16-12-22(13-17-24)28(2,3)4/h5-6,8-17H,7,18-20H2,1-4H3. The second-order valence-electron chi connectivity index (χ2n) is 9.25. The van der Waals surface area contributed by atoms with Gasteiger partial charge in [0.15, 0.2) is 0 Å². The van der Waals surface area contributed by atoms with Crippen LogP contribution in [0.4, 0.5) is 0 Å². The first-order valence-corrected chi connectivity index (χ1v) is 11.3. The molecule has 166 valence electrons. The molecule has 0 aliphatic carbocycles. The summed E-state index contributed by atoms with van der Waals surface area (Å²) in [6, 6.07) is 24.8. The first kappa shape index (κ1) is 21.9. The van der Waals surface area contributed by atoms with Gasteiger partial charge < -0.3 is 14.0 Å². The maximum atomic E-state index is 6.10. The molecule has 0 saturated carbocycles. The normalized spacial score (nSPS) is 11.6. The summed E-state index contributed by atoms with van der Waals surface area (Å²) in [7, 11) is 0. The topological polar surface area (TPSA) is 36.3 Å². The van der Waals surface area contributed by atoms with E-state index >= 15 is 0 Å². The number of imidazole rings is 1. The van der Waals surface area contributed by atoms with Crippen LogP contribution in [0.1, 0.15) is 44.1 Å². The third kappa shape index (κ3) is 5.31. The average Bonchev–Trinajstić information content (AvgIpc) is 3.14. The van der Waals surface area contributed by atoms with E-state index in [1.807, 2.05) is 30.3 Å². The molecule has 4 heteroatoms. The van der Waals surface area contributed by atoms with Gasteiger partial charge in [-0.2, -0.15) is 0 Å². The second-order valence-corrected chi connectivity index (χ2v) is 9.25. The molecule has 1 aromatic heterocycles. The minimum atomic E-state index is 0.132. The van der Waals surface area contributed by atoms with Crippen LogP contribution in [-0.2, 0) is 18.6 Å². The fourth-order valence-electron chi connectivity index (χ4n) is 3.73. The monoisotopic (exact) mass is 428 g/mol. The largest absolute Gasteiger partial charge is 0.494 e. The summed E-state index contributed by atoms with van der Waals surface area (Å²) in [5.41, 5.74) is 4.79. The second kappa shape index (κ2) is 9.47. The molecule has 32 heavy (non-hydrogen) atoms. The molecule has 3 aromatic carbocycles. The molecule has 0 radical (unpaired) electrons. The fraction of sp³-hybridized carbons (Fsp3) is 0.321. The van der Waals surface area contributed by atoms with E-state index in [4.69, 9.17) is 14.5 Å². The molecule has 1 heterocycles. The van der Waals surface area contributed by atoms with E-state index in [9.17, 15) is 0 Å². The van der Waals surface area contributed by atoms with E-state index in [1.165, 1.54) is 11.1 Å². The van der Waals surface area contributed by atoms with E-state index in [1.54, 1.807) is 0 Å². The van der Waals surface area contributed by atoms with Gasteiger partial charge in [-0.05, 0) is 60.7 Å². The van der Waals surface area contributed by atoms with Gasteiger partial charge >= 0.3 is 0 Å². The molecule has 0 aliphatic rings. The Bertz CT molecular complexity index is 1150. The number of aryl methyl sites for hydroxylation is 2. The summed E-state index contributed by atoms with van der Waals surface area (Å²) in [6.07, 6.45) is 0.890. The van der Waals surface area contributed by atoms with E-state index in [0.29, 0.717) is 13.2 Å². The van der Waals surface area contributed by atoms with Gasteiger partial charge in [-0.15, -0.1) is 0 Å². The Kier molecular flexibility index (Phi) is 6.50. The van der Waals surface area contributed by atoms with Gasteiger partial charge in [0.2, 0.25) is 0 Å². The minimum Gasteiger partial charge on any atom is -0.494 e. The van der Waals surface area contributed by atoms with Crippen LogP contribution in [0.2, 0.25) is 0 Å². The summed E-state index contributed by atoms with van der Waals surface area (Å²) in [5, 5.41) is 0. The highest BCUT2D eigenvalue weighted by Crippen LogP contribution is 2.25. The molecule has 4 aromatic rings. The molecule has 4 rings (SSSR count). The number of hydrogen-bond donors (Lipinski definition) is 0. The van der Waals surface area contributed by atoms with Crippen molar-refractivity contribution in [3.8, 4) is 11.5 Å². The van der Waals surface area contributed by atoms with E-state index in [2.05, 4.69) is 74.7 Å². The van der Waals surface area contributed by atoms with Gasteiger partial charge in [0.25, 0.3) is 0 Å². The van der Waals surface area contributed by atoms with Gasteiger partial charge in [-0.25, -0.2) is 4.98 Å². The number of benzene rings is 3. The maximum Gasteiger partial charge on any atom is 0.147 e. The zero-order valence-corrected chi connectivity index (χ0v) is 19.5. The van der Waals surface area contributed by atoms with Gasteiger partial charge in [0.05, 0.1) is 17.6 Å². The van der Waals surface area contributed by atoms with Gasteiger partial charge in [0.1, 0.15) is 23.9 Å². The van der Waals surface area contributed by atoms with E-state index < -0.39 is 0 Å². The Balaban J connectivity index is 1.42. The number of fused-ring (bicyclic) bond motifs is 1. The van der Waals surface area contributed by atoms with Crippen LogP contribution in [-0.4, -0.2) is 16.2 Å². The third-order valence-corrected chi connectivity index (χ3v) is 5.64. The van der Waals surface area contributed by atoms with Gasteiger partial charge in [-0.3, -0.25) is 0 Å². The van der Waals surface area contributed by atoms with Crippen molar-refractivity contribution in [1.82, 2.24) is 9.55 Å². The van der Waals surface area contributed by atoms with Crippen molar-refractivity contribution in [3.05, 3.63) is 89.7 Å². The molecular formula is C28H32N2O2. The third-order valence-electron chi connectivity index (χ3n) is 5.64. The molecule has 0 spiro atoms. The minimum absolute atomic E-state index is 0.132. The van der Waals surface area contributed by atoms with Crippen LogP contribution in [0.15, 0.2) is 72.8 Å². The van der Waals surface area contributed by atoms with Crippen LogP contribution < -0.4 is 9.47 Å². The highest BCUT2D eigenvalue weighted by atomic mass is 16.5. The van der Waals surface area contributed by atoms with Crippen molar-refractivity contribution >= 4 is 11.0 Å². The number of aromatic nitrogens is 2. The van der Waals surface area contributed by atoms with Crippen LogP contribution >= 0.6 is 0 Å². The van der Waals surface area contributed by atoms with Gasteiger partial charge in [-0.1, -0.05) is 62.7 Å². The number of ether oxygens (including phenoxy) is 2. The Morgan fingerprint density at radius 1 is 0.812 bits per heavy atom. The zero-order chi connectivity index (χ0) is 22.6.